The van der Waals surface area contributed by atoms with E-state index < -0.39 is 0 Å². The molecule has 1 aliphatic heterocycles. The lowest BCUT2D eigenvalue weighted by Crippen LogP contribution is -1.90. The summed E-state index contributed by atoms with van der Waals surface area (Å²) in [5, 5.41) is 0. The molecule has 0 saturated carbocycles. The van der Waals surface area contributed by atoms with Crippen LogP contribution in [0.5, 0.6) is 0 Å². The van der Waals surface area contributed by atoms with Gasteiger partial charge in [-0.1, -0.05) is 15.9 Å². The Kier molecular flexibility index (Phi) is 1.50. The quantitative estimate of drug-likeness (QED) is 0.688. The van der Waals surface area contributed by atoms with Crippen molar-refractivity contribution >= 4 is 27.0 Å². The number of aryl methyl sites for hydroxylation is 2. The van der Waals surface area contributed by atoms with Crippen LogP contribution in [0.4, 0.5) is 0 Å². The van der Waals surface area contributed by atoms with Crippen LogP contribution in [0.2, 0.25) is 0 Å². The summed E-state index contributed by atoms with van der Waals surface area (Å²) in [7, 11) is 0. The van der Waals surface area contributed by atoms with Crippen LogP contribution in [0, 0.1) is 0 Å². The van der Waals surface area contributed by atoms with E-state index in [9.17, 15) is 0 Å². The molecule has 66 valence electrons. The molecule has 2 aromatic rings. The molecular formula is C10H9BrN2. The molecule has 0 spiro atoms. The van der Waals surface area contributed by atoms with Crippen LogP contribution in [0.3, 0.4) is 0 Å². The maximum atomic E-state index is 4.58. The number of imidazole rings is 1. The summed E-state index contributed by atoms with van der Waals surface area (Å²) in [6.45, 7) is 1.13. The average Bonchev–Trinajstić information content (AvgIpc) is 2.64. The third-order valence-corrected chi connectivity index (χ3v) is 3.06. The first-order valence-electron chi connectivity index (χ1n) is 4.49. The monoisotopic (exact) mass is 236 g/mol. The lowest BCUT2D eigenvalue weighted by Gasteiger charge is -1.97. The Morgan fingerprint density at radius 1 is 1.38 bits per heavy atom. The molecule has 0 amide bonds. The molecule has 0 saturated heterocycles. The first-order chi connectivity index (χ1) is 6.34. The fourth-order valence-corrected chi connectivity index (χ4v) is 2.33. The van der Waals surface area contributed by atoms with Gasteiger partial charge in [-0.15, -0.1) is 0 Å². The standard InChI is InChI=1S/C10H9BrN2/c11-7-3-4-8-9(6-7)13-5-1-2-10(13)12-8/h3-4,6H,1-2,5H2. The van der Waals surface area contributed by atoms with E-state index in [1.807, 2.05) is 6.07 Å². The summed E-state index contributed by atoms with van der Waals surface area (Å²) in [6, 6.07) is 6.27. The Hall–Kier alpha value is -0.830. The van der Waals surface area contributed by atoms with Gasteiger partial charge in [0.2, 0.25) is 0 Å². The van der Waals surface area contributed by atoms with Crippen LogP contribution < -0.4 is 0 Å². The Balaban J connectivity index is 2.40. The molecule has 0 fully saturated rings. The van der Waals surface area contributed by atoms with Crippen molar-refractivity contribution in [2.75, 3.05) is 0 Å². The van der Waals surface area contributed by atoms with Crippen LogP contribution in [-0.4, -0.2) is 9.55 Å². The minimum atomic E-state index is 1.12. The van der Waals surface area contributed by atoms with E-state index in [1.54, 1.807) is 0 Å². The van der Waals surface area contributed by atoms with E-state index in [0.717, 1.165) is 23.0 Å². The molecule has 1 aromatic heterocycles. The fraction of sp³-hybridized carbons (Fsp3) is 0.300. The van der Waals surface area contributed by atoms with Crippen LogP contribution in [0.25, 0.3) is 11.0 Å². The zero-order chi connectivity index (χ0) is 8.84. The van der Waals surface area contributed by atoms with Gasteiger partial charge in [0, 0.05) is 17.4 Å². The number of aromatic nitrogens is 2. The predicted molar refractivity (Wildman–Crippen MR) is 55.8 cm³/mol. The van der Waals surface area contributed by atoms with Crippen molar-refractivity contribution in [1.82, 2.24) is 9.55 Å². The summed E-state index contributed by atoms with van der Waals surface area (Å²) in [4.78, 5) is 4.58. The van der Waals surface area contributed by atoms with Gasteiger partial charge >= 0.3 is 0 Å². The van der Waals surface area contributed by atoms with Crippen molar-refractivity contribution in [3.05, 3.63) is 28.5 Å². The van der Waals surface area contributed by atoms with Crippen molar-refractivity contribution in [3.63, 3.8) is 0 Å². The van der Waals surface area contributed by atoms with Gasteiger partial charge in [-0.2, -0.15) is 0 Å². The fourth-order valence-electron chi connectivity index (χ4n) is 1.98. The molecule has 0 aliphatic carbocycles. The van der Waals surface area contributed by atoms with Gasteiger partial charge < -0.3 is 4.57 Å². The van der Waals surface area contributed by atoms with Gasteiger partial charge in [-0.05, 0) is 24.6 Å². The molecule has 0 N–H and O–H groups in total. The topological polar surface area (TPSA) is 17.8 Å². The number of benzene rings is 1. The van der Waals surface area contributed by atoms with Crippen molar-refractivity contribution < 1.29 is 0 Å². The van der Waals surface area contributed by atoms with Crippen molar-refractivity contribution in [2.24, 2.45) is 0 Å². The molecule has 2 heterocycles. The number of rotatable bonds is 0. The highest BCUT2D eigenvalue weighted by Crippen LogP contribution is 2.25. The third-order valence-electron chi connectivity index (χ3n) is 2.57. The first-order valence-corrected chi connectivity index (χ1v) is 5.28. The molecule has 3 rings (SSSR count). The van der Waals surface area contributed by atoms with E-state index in [0.29, 0.717) is 0 Å². The molecule has 1 aromatic carbocycles. The Morgan fingerprint density at radius 3 is 3.23 bits per heavy atom. The first kappa shape index (κ1) is 7.56. The van der Waals surface area contributed by atoms with Crippen LogP contribution >= 0.6 is 15.9 Å². The van der Waals surface area contributed by atoms with E-state index in [-0.39, 0.29) is 0 Å². The van der Waals surface area contributed by atoms with Crippen LogP contribution in [-0.2, 0) is 13.0 Å². The summed E-state index contributed by atoms with van der Waals surface area (Å²) in [5.41, 5.74) is 2.39. The second kappa shape index (κ2) is 2.58. The number of hydrogen-bond acceptors (Lipinski definition) is 1. The summed E-state index contributed by atoms with van der Waals surface area (Å²) in [6.07, 6.45) is 2.37. The van der Waals surface area contributed by atoms with Gasteiger partial charge in [0.05, 0.1) is 11.0 Å². The number of halogens is 1. The smallest absolute Gasteiger partial charge is 0.109 e. The zero-order valence-corrected chi connectivity index (χ0v) is 8.71. The highest BCUT2D eigenvalue weighted by atomic mass is 79.9. The van der Waals surface area contributed by atoms with Crippen LogP contribution in [0.1, 0.15) is 12.2 Å². The molecule has 1 aliphatic rings. The van der Waals surface area contributed by atoms with Gasteiger partial charge in [-0.25, -0.2) is 4.98 Å². The largest absolute Gasteiger partial charge is 0.328 e. The molecular weight excluding hydrogens is 228 g/mol. The van der Waals surface area contributed by atoms with Gasteiger partial charge in [0.1, 0.15) is 5.82 Å². The van der Waals surface area contributed by atoms with E-state index in [2.05, 4.69) is 37.6 Å². The lowest BCUT2D eigenvalue weighted by molar-refractivity contribution is 0.771. The number of nitrogens with zero attached hydrogens (tertiary/aromatic N) is 2. The average molecular weight is 237 g/mol. The minimum absolute atomic E-state index is 1.12. The van der Waals surface area contributed by atoms with E-state index in [4.69, 9.17) is 0 Å². The Labute approximate surface area is 84.7 Å². The molecule has 0 unspecified atom stereocenters. The Morgan fingerprint density at radius 2 is 2.31 bits per heavy atom. The zero-order valence-electron chi connectivity index (χ0n) is 7.13. The van der Waals surface area contributed by atoms with Crippen molar-refractivity contribution in [2.45, 2.75) is 19.4 Å². The van der Waals surface area contributed by atoms with Crippen LogP contribution in [0.15, 0.2) is 22.7 Å². The molecule has 0 radical (unpaired) electrons. The summed E-state index contributed by atoms with van der Waals surface area (Å²) < 4.78 is 3.45. The van der Waals surface area contributed by atoms with Crippen molar-refractivity contribution in [1.29, 1.82) is 0 Å². The van der Waals surface area contributed by atoms with Gasteiger partial charge in [0.25, 0.3) is 0 Å². The molecule has 3 heteroatoms. The molecule has 2 nitrogen and oxygen atoms in total. The SMILES string of the molecule is Brc1ccc2nc3n(c2c1)CCC3. The molecule has 0 atom stereocenters. The van der Waals surface area contributed by atoms with E-state index in [1.165, 1.54) is 17.8 Å². The molecule has 13 heavy (non-hydrogen) atoms. The summed E-state index contributed by atoms with van der Waals surface area (Å²) in [5.74, 6) is 1.24. The normalized spacial score (nSPS) is 15.2. The van der Waals surface area contributed by atoms with Gasteiger partial charge in [0.15, 0.2) is 0 Å². The predicted octanol–water partition coefficient (Wildman–Crippen LogP) is 2.75. The minimum Gasteiger partial charge on any atom is -0.328 e. The highest BCUT2D eigenvalue weighted by molar-refractivity contribution is 9.10. The van der Waals surface area contributed by atoms with Gasteiger partial charge in [-0.3, -0.25) is 0 Å². The third kappa shape index (κ3) is 1.03. The maximum Gasteiger partial charge on any atom is 0.109 e. The van der Waals surface area contributed by atoms with E-state index >= 15 is 0 Å². The second-order valence-corrected chi connectivity index (χ2v) is 4.33. The molecule has 0 bridgehead atoms. The lowest BCUT2D eigenvalue weighted by atomic mass is 10.3. The highest BCUT2D eigenvalue weighted by Gasteiger charge is 2.15. The second-order valence-electron chi connectivity index (χ2n) is 3.42. The maximum absolute atomic E-state index is 4.58. The Bertz CT molecular complexity index is 473. The van der Waals surface area contributed by atoms with Crippen molar-refractivity contribution in [3.8, 4) is 0 Å². The summed E-state index contributed by atoms with van der Waals surface area (Å²) >= 11 is 3.48. The number of hydrogen-bond donors (Lipinski definition) is 0. The number of fused-ring (bicyclic) bond motifs is 3.